The highest BCUT2D eigenvalue weighted by Crippen LogP contribution is 2.33. The van der Waals surface area contributed by atoms with Gasteiger partial charge in [0.05, 0.1) is 16.5 Å². The number of aliphatic hydroxyl groups is 1. The van der Waals surface area contributed by atoms with E-state index in [0.717, 1.165) is 23.7 Å². The van der Waals surface area contributed by atoms with E-state index in [2.05, 4.69) is 39.0 Å². The van der Waals surface area contributed by atoms with Crippen molar-refractivity contribution in [2.24, 2.45) is 0 Å². The Morgan fingerprint density at radius 3 is 2.71 bits per heavy atom. The Labute approximate surface area is 199 Å². The summed E-state index contributed by atoms with van der Waals surface area (Å²) in [5.41, 5.74) is 0.317. The molecule has 2 aliphatic rings. The predicted molar refractivity (Wildman–Crippen MR) is 132 cm³/mol. The van der Waals surface area contributed by atoms with Crippen molar-refractivity contribution in [2.75, 3.05) is 34.8 Å². The molecule has 0 radical (unpaired) electrons. The molecule has 2 saturated heterocycles. The summed E-state index contributed by atoms with van der Waals surface area (Å²) in [6.07, 6.45) is 7.24. The predicted octanol–water partition coefficient (Wildman–Crippen LogP) is 3.41. The van der Waals surface area contributed by atoms with Gasteiger partial charge in [-0.25, -0.2) is 9.97 Å². The Balaban J connectivity index is 1.43. The van der Waals surface area contributed by atoms with E-state index in [9.17, 15) is 9.90 Å². The lowest BCUT2D eigenvalue weighted by Crippen LogP contribution is -2.43. The molecule has 0 aromatic carbocycles. The van der Waals surface area contributed by atoms with Gasteiger partial charge in [-0.15, -0.1) is 0 Å². The third kappa shape index (κ3) is 4.29. The van der Waals surface area contributed by atoms with Crippen LogP contribution in [0.25, 0.3) is 10.9 Å². The molecule has 0 saturated carbocycles. The average Bonchev–Trinajstić information content (AvgIpc) is 3.41. The van der Waals surface area contributed by atoms with Gasteiger partial charge in [0, 0.05) is 50.6 Å². The summed E-state index contributed by atoms with van der Waals surface area (Å²) in [5, 5.41) is 19.2. The first-order valence-electron chi connectivity index (χ1n) is 12.1. The number of hydrogen-bond acceptors (Lipinski definition) is 8. The second-order valence-corrected chi connectivity index (χ2v) is 9.61. The number of nitrogens with one attached hydrogen (secondary N) is 1. The maximum atomic E-state index is 12.4. The fourth-order valence-electron chi connectivity index (χ4n) is 4.56. The van der Waals surface area contributed by atoms with Gasteiger partial charge in [-0.1, -0.05) is 6.92 Å². The summed E-state index contributed by atoms with van der Waals surface area (Å²) < 4.78 is 1.99. The van der Waals surface area contributed by atoms with E-state index >= 15 is 0 Å². The van der Waals surface area contributed by atoms with Gasteiger partial charge in [-0.2, -0.15) is 10.1 Å². The Morgan fingerprint density at radius 2 is 2.00 bits per heavy atom. The van der Waals surface area contributed by atoms with Gasteiger partial charge >= 0.3 is 0 Å². The molecule has 0 bridgehead atoms. The second kappa shape index (κ2) is 8.83. The van der Waals surface area contributed by atoms with Crippen molar-refractivity contribution < 1.29 is 9.90 Å². The molecule has 3 aromatic heterocycles. The first kappa shape index (κ1) is 22.5. The lowest BCUT2D eigenvalue weighted by atomic mass is 9.94. The molecule has 3 aromatic rings. The highest BCUT2D eigenvalue weighted by atomic mass is 16.3. The van der Waals surface area contributed by atoms with E-state index in [0.29, 0.717) is 62.3 Å². The number of pyridine rings is 1. The molecule has 10 nitrogen and oxygen atoms in total. The van der Waals surface area contributed by atoms with Crippen LogP contribution in [0.1, 0.15) is 58.9 Å². The minimum atomic E-state index is -0.622. The van der Waals surface area contributed by atoms with Crippen LogP contribution in [0.15, 0.2) is 24.5 Å². The van der Waals surface area contributed by atoms with E-state index in [4.69, 9.17) is 5.10 Å². The summed E-state index contributed by atoms with van der Waals surface area (Å²) >= 11 is 0. The zero-order chi connectivity index (χ0) is 23.9. The first-order valence-corrected chi connectivity index (χ1v) is 12.1. The SMILES string of the molecule is CCC(C)n1nc(N2CCCC2=O)c2cnc(Nc3ccnc(N4CCC(C)(O)CC4)n3)cc21. The van der Waals surface area contributed by atoms with Gasteiger partial charge in [0.2, 0.25) is 11.9 Å². The van der Waals surface area contributed by atoms with E-state index < -0.39 is 5.60 Å². The van der Waals surface area contributed by atoms with Gasteiger partial charge in [0.15, 0.2) is 5.82 Å². The number of piperidine rings is 1. The minimum absolute atomic E-state index is 0.116. The quantitative estimate of drug-likeness (QED) is 0.571. The van der Waals surface area contributed by atoms with E-state index in [1.807, 2.05) is 23.7 Å². The summed E-state index contributed by atoms with van der Waals surface area (Å²) in [4.78, 5) is 30.0. The van der Waals surface area contributed by atoms with Crippen molar-refractivity contribution in [3.63, 3.8) is 0 Å². The summed E-state index contributed by atoms with van der Waals surface area (Å²) in [6, 6.07) is 3.97. The van der Waals surface area contributed by atoms with Crippen LogP contribution in [0.3, 0.4) is 0 Å². The fraction of sp³-hybridized carbons (Fsp3) is 0.542. The first-order chi connectivity index (χ1) is 16.3. The topological polar surface area (TPSA) is 112 Å². The Bertz CT molecular complexity index is 1200. The molecular formula is C24H32N8O2. The van der Waals surface area contributed by atoms with Crippen LogP contribution in [0, 0.1) is 0 Å². The van der Waals surface area contributed by atoms with E-state index in [1.165, 1.54) is 0 Å². The van der Waals surface area contributed by atoms with Gasteiger partial charge in [0.1, 0.15) is 11.6 Å². The fourth-order valence-corrected chi connectivity index (χ4v) is 4.56. The van der Waals surface area contributed by atoms with E-state index in [1.54, 1.807) is 17.3 Å². The maximum Gasteiger partial charge on any atom is 0.228 e. The Kier molecular flexibility index (Phi) is 5.85. The molecule has 34 heavy (non-hydrogen) atoms. The van der Waals surface area contributed by atoms with Crippen LogP contribution in [-0.2, 0) is 4.79 Å². The Hall–Kier alpha value is -3.27. The molecule has 1 atom stereocenters. The molecule has 2 aliphatic heterocycles. The van der Waals surface area contributed by atoms with Crippen molar-refractivity contribution in [1.82, 2.24) is 24.7 Å². The molecular weight excluding hydrogens is 432 g/mol. The maximum absolute atomic E-state index is 12.4. The largest absolute Gasteiger partial charge is 0.390 e. The smallest absolute Gasteiger partial charge is 0.228 e. The second-order valence-electron chi connectivity index (χ2n) is 9.61. The standard InChI is InChI=1S/C24H32N8O2/c1-4-16(2)32-18-14-20(26-15-17(18)22(29-32)31-11-5-6-21(31)33)27-19-7-10-25-23(28-19)30-12-8-24(3,34)9-13-30/h7,10,14-16,34H,4-6,8-9,11-13H2,1-3H3,(H,25,26,27,28). The van der Waals surface area contributed by atoms with Crippen molar-refractivity contribution in [3.05, 3.63) is 24.5 Å². The Morgan fingerprint density at radius 1 is 1.21 bits per heavy atom. The van der Waals surface area contributed by atoms with Crippen LogP contribution < -0.4 is 15.1 Å². The molecule has 5 heterocycles. The zero-order valence-electron chi connectivity index (χ0n) is 20.0. The van der Waals surface area contributed by atoms with Crippen molar-refractivity contribution >= 4 is 40.2 Å². The number of carbonyl (C=O) groups excluding carboxylic acids is 1. The number of carbonyl (C=O) groups is 1. The number of fused-ring (bicyclic) bond motifs is 1. The summed E-state index contributed by atoms with van der Waals surface area (Å²) in [6.45, 7) is 8.25. The van der Waals surface area contributed by atoms with Crippen molar-refractivity contribution in [3.8, 4) is 0 Å². The van der Waals surface area contributed by atoms with Crippen molar-refractivity contribution in [1.29, 1.82) is 0 Å². The molecule has 1 unspecified atom stereocenters. The van der Waals surface area contributed by atoms with E-state index in [-0.39, 0.29) is 11.9 Å². The molecule has 180 valence electrons. The number of anilines is 4. The number of rotatable bonds is 6. The van der Waals surface area contributed by atoms with Crippen LogP contribution >= 0.6 is 0 Å². The van der Waals surface area contributed by atoms with Gasteiger partial charge < -0.3 is 15.3 Å². The van der Waals surface area contributed by atoms with Gasteiger partial charge in [0.25, 0.3) is 0 Å². The highest BCUT2D eigenvalue weighted by Gasteiger charge is 2.29. The lowest BCUT2D eigenvalue weighted by molar-refractivity contribution is -0.117. The average molecular weight is 465 g/mol. The molecule has 10 heteroatoms. The van der Waals surface area contributed by atoms with Crippen molar-refractivity contribution in [2.45, 2.75) is 64.5 Å². The highest BCUT2D eigenvalue weighted by molar-refractivity contribution is 6.03. The molecule has 0 aliphatic carbocycles. The number of amides is 1. The molecule has 5 rings (SSSR count). The number of hydrogen-bond donors (Lipinski definition) is 2. The van der Waals surface area contributed by atoms with Crippen LogP contribution in [0.2, 0.25) is 0 Å². The molecule has 2 N–H and O–H groups in total. The third-order valence-corrected chi connectivity index (χ3v) is 6.93. The summed E-state index contributed by atoms with van der Waals surface area (Å²) in [5.74, 6) is 2.76. The van der Waals surface area contributed by atoms with Crippen LogP contribution in [0.4, 0.5) is 23.4 Å². The lowest BCUT2D eigenvalue weighted by Gasteiger charge is -2.35. The normalized spacial score (nSPS) is 19.1. The van der Waals surface area contributed by atoms with Gasteiger partial charge in [-0.05, 0) is 45.6 Å². The monoisotopic (exact) mass is 464 g/mol. The molecule has 0 spiro atoms. The molecule has 1 amide bonds. The van der Waals surface area contributed by atoms with Crippen LogP contribution in [-0.4, -0.2) is 61.0 Å². The third-order valence-electron chi connectivity index (χ3n) is 6.93. The van der Waals surface area contributed by atoms with Gasteiger partial charge in [-0.3, -0.25) is 14.4 Å². The summed E-state index contributed by atoms with van der Waals surface area (Å²) in [7, 11) is 0. The minimum Gasteiger partial charge on any atom is -0.390 e. The molecule has 2 fully saturated rings. The number of aromatic nitrogens is 5. The number of nitrogens with zero attached hydrogens (tertiary/aromatic N) is 7. The zero-order valence-corrected chi connectivity index (χ0v) is 20.0. The van der Waals surface area contributed by atoms with Crippen LogP contribution in [0.5, 0.6) is 0 Å².